The average molecular weight is 202 g/mol. The Kier molecular flexibility index (Phi) is 1.83. The van der Waals surface area contributed by atoms with Gasteiger partial charge in [-0.15, -0.1) is 0 Å². The zero-order valence-corrected chi connectivity index (χ0v) is 9.43. The molecule has 2 rings (SSSR count). The topological polar surface area (TPSA) is 34.1 Å². The van der Waals surface area contributed by atoms with Crippen LogP contribution >= 0.6 is 0 Å². The fourth-order valence-electron chi connectivity index (χ4n) is 3.47. The molecule has 2 nitrogen and oxygen atoms in total. The molecule has 0 aliphatic heterocycles. The van der Waals surface area contributed by atoms with Gasteiger partial charge in [-0.1, -0.05) is 20.8 Å². The highest BCUT2D eigenvalue weighted by atomic mass is 32.2. The van der Waals surface area contributed by atoms with E-state index in [0.717, 1.165) is 12.8 Å². The lowest BCUT2D eigenvalue weighted by Crippen LogP contribution is -2.26. The molecule has 76 valence electrons. The number of hydrogen-bond acceptors (Lipinski definition) is 2. The predicted octanol–water partition coefficient (Wildman–Crippen LogP) is 1.81. The van der Waals surface area contributed by atoms with E-state index in [2.05, 4.69) is 20.8 Å². The Balaban J connectivity index is 2.39. The minimum absolute atomic E-state index is 0.0382. The Hall–Kier alpha value is -0.0500. The molecule has 0 aromatic heterocycles. The first kappa shape index (κ1) is 9.50. The molecule has 3 unspecified atom stereocenters. The molecular weight excluding hydrogens is 184 g/mol. The maximum Gasteiger partial charge on any atom is 0.143 e. The van der Waals surface area contributed by atoms with Crippen molar-refractivity contribution in [2.45, 2.75) is 45.3 Å². The summed E-state index contributed by atoms with van der Waals surface area (Å²) in [6, 6.07) is 0. The van der Waals surface area contributed by atoms with Crippen molar-refractivity contribution in [3.05, 3.63) is 0 Å². The van der Waals surface area contributed by atoms with Crippen LogP contribution in [-0.4, -0.2) is 13.7 Å². The minimum atomic E-state index is -2.21. The molecule has 0 aromatic carbocycles. The third kappa shape index (κ3) is 1.03. The SMILES string of the molecule is CC12CCC(C([SH](=O)=O)C1)C2(C)C. The van der Waals surface area contributed by atoms with Crippen LogP contribution in [-0.2, 0) is 10.7 Å². The Morgan fingerprint density at radius 3 is 2.08 bits per heavy atom. The first-order valence-corrected chi connectivity index (χ1v) is 6.27. The van der Waals surface area contributed by atoms with Crippen molar-refractivity contribution in [2.24, 2.45) is 16.7 Å². The number of rotatable bonds is 1. The first-order valence-electron chi connectivity index (χ1n) is 5.02. The Bertz CT molecular complexity index is 295. The molecule has 13 heavy (non-hydrogen) atoms. The van der Waals surface area contributed by atoms with Crippen LogP contribution in [0, 0.1) is 16.7 Å². The molecule has 0 amide bonds. The fourth-order valence-corrected chi connectivity index (χ4v) is 4.84. The summed E-state index contributed by atoms with van der Waals surface area (Å²) in [5.74, 6) is 0.415. The van der Waals surface area contributed by atoms with E-state index in [1.165, 1.54) is 6.42 Å². The fraction of sp³-hybridized carbons (Fsp3) is 1.00. The van der Waals surface area contributed by atoms with E-state index in [0.29, 0.717) is 5.92 Å². The molecule has 2 aliphatic rings. The van der Waals surface area contributed by atoms with Gasteiger partial charge < -0.3 is 0 Å². The Morgan fingerprint density at radius 2 is 1.85 bits per heavy atom. The van der Waals surface area contributed by atoms with Gasteiger partial charge in [-0.25, -0.2) is 8.42 Å². The van der Waals surface area contributed by atoms with Crippen LogP contribution in [0.1, 0.15) is 40.0 Å². The maximum absolute atomic E-state index is 11.1. The van der Waals surface area contributed by atoms with E-state index in [9.17, 15) is 8.42 Å². The molecule has 3 atom stereocenters. The largest absolute Gasteiger partial charge is 0.232 e. The van der Waals surface area contributed by atoms with Crippen molar-refractivity contribution in [2.75, 3.05) is 0 Å². The molecule has 2 aliphatic carbocycles. The molecule has 2 saturated carbocycles. The van der Waals surface area contributed by atoms with Gasteiger partial charge in [0.2, 0.25) is 0 Å². The maximum atomic E-state index is 11.1. The van der Waals surface area contributed by atoms with Gasteiger partial charge in [0.1, 0.15) is 10.7 Å². The summed E-state index contributed by atoms with van der Waals surface area (Å²) >= 11 is 0. The van der Waals surface area contributed by atoms with E-state index in [1.807, 2.05) is 0 Å². The Morgan fingerprint density at radius 1 is 1.23 bits per heavy atom. The lowest BCUT2D eigenvalue weighted by molar-refractivity contribution is 0.152. The molecule has 0 radical (unpaired) electrons. The van der Waals surface area contributed by atoms with Crippen LogP contribution in [0.4, 0.5) is 0 Å². The quantitative estimate of drug-likeness (QED) is 0.658. The first-order chi connectivity index (χ1) is 5.88. The molecule has 2 fully saturated rings. The summed E-state index contributed by atoms with van der Waals surface area (Å²) in [4.78, 5) is 0. The lowest BCUT2D eigenvalue weighted by Gasteiger charge is -2.33. The summed E-state index contributed by atoms with van der Waals surface area (Å²) in [7, 11) is -2.21. The van der Waals surface area contributed by atoms with E-state index in [1.54, 1.807) is 0 Å². The Labute approximate surface area is 81.7 Å². The number of fused-ring (bicyclic) bond motifs is 2. The summed E-state index contributed by atoms with van der Waals surface area (Å²) < 4.78 is 22.1. The molecule has 0 saturated heterocycles. The van der Waals surface area contributed by atoms with Crippen molar-refractivity contribution < 1.29 is 8.42 Å². The molecule has 0 N–H and O–H groups in total. The highest BCUT2D eigenvalue weighted by Gasteiger charge is 2.61. The normalized spacial score (nSPS) is 47.4. The molecule has 0 spiro atoms. The van der Waals surface area contributed by atoms with Crippen LogP contribution in [0.3, 0.4) is 0 Å². The van der Waals surface area contributed by atoms with Crippen LogP contribution in [0.5, 0.6) is 0 Å². The molecule has 3 heteroatoms. The van der Waals surface area contributed by atoms with Crippen LogP contribution in [0.2, 0.25) is 0 Å². The number of hydrogen-bond donors (Lipinski definition) is 1. The summed E-state index contributed by atoms with van der Waals surface area (Å²) in [6.45, 7) is 6.73. The zero-order chi connectivity index (χ0) is 9.85. The highest BCUT2D eigenvalue weighted by molar-refractivity contribution is 7.73. The van der Waals surface area contributed by atoms with E-state index in [-0.39, 0.29) is 16.1 Å². The molecule has 0 heterocycles. The van der Waals surface area contributed by atoms with E-state index < -0.39 is 10.7 Å². The summed E-state index contributed by atoms with van der Waals surface area (Å²) in [6.07, 6.45) is 3.21. The van der Waals surface area contributed by atoms with Crippen LogP contribution < -0.4 is 0 Å². The summed E-state index contributed by atoms with van der Waals surface area (Å²) in [5.41, 5.74) is 0.505. The van der Waals surface area contributed by atoms with E-state index in [4.69, 9.17) is 0 Å². The lowest BCUT2D eigenvalue weighted by atomic mass is 9.71. The highest BCUT2D eigenvalue weighted by Crippen LogP contribution is 2.65. The van der Waals surface area contributed by atoms with Gasteiger partial charge in [-0.05, 0) is 36.0 Å². The van der Waals surface area contributed by atoms with Gasteiger partial charge in [0.05, 0.1) is 5.25 Å². The van der Waals surface area contributed by atoms with Gasteiger partial charge in [0.25, 0.3) is 0 Å². The van der Waals surface area contributed by atoms with E-state index >= 15 is 0 Å². The van der Waals surface area contributed by atoms with Crippen molar-refractivity contribution in [1.29, 1.82) is 0 Å². The van der Waals surface area contributed by atoms with Crippen molar-refractivity contribution in [3.63, 3.8) is 0 Å². The molecule has 0 aromatic rings. The van der Waals surface area contributed by atoms with Crippen LogP contribution in [0.15, 0.2) is 0 Å². The van der Waals surface area contributed by atoms with Crippen molar-refractivity contribution in [3.8, 4) is 0 Å². The standard InChI is InChI=1S/C10H18O2S/c1-9(2)7-4-5-10(9,3)6-8(7)13(11)12/h7-8,13H,4-6H2,1-3H3. The monoisotopic (exact) mass is 202 g/mol. The minimum Gasteiger partial charge on any atom is -0.232 e. The molecule has 2 bridgehead atoms. The van der Waals surface area contributed by atoms with Gasteiger partial charge in [-0.2, -0.15) is 0 Å². The predicted molar refractivity (Wildman–Crippen MR) is 53.3 cm³/mol. The zero-order valence-electron chi connectivity index (χ0n) is 8.54. The van der Waals surface area contributed by atoms with Crippen molar-refractivity contribution >= 4 is 10.7 Å². The van der Waals surface area contributed by atoms with Gasteiger partial charge in [0.15, 0.2) is 0 Å². The second-order valence-electron chi connectivity index (χ2n) is 5.48. The average Bonchev–Trinajstić information content (AvgIpc) is 2.34. The third-order valence-electron chi connectivity index (χ3n) is 4.88. The van der Waals surface area contributed by atoms with Gasteiger partial charge >= 0.3 is 0 Å². The number of thiol groups is 1. The molecular formula is C10H18O2S. The third-order valence-corrected chi connectivity index (χ3v) is 5.97. The second-order valence-corrected chi connectivity index (χ2v) is 6.72. The second kappa shape index (κ2) is 2.50. The smallest absolute Gasteiger partial charge is 0.143 e. The van der Waals surface area contributed by atoms with Gasteiger partial charge in [0, 0.05) is 0 Å². The van der Waals surface area contributed by atoms with Crippen LogP contribution in [0.25, 0.3) is 0 Å². The van der Waals surface area contributed by atoms with Crippen molar-refractivity contribution in [1.82, 2.24) is 0 Å². The summed E-state index contributed by atoms with van der Waals surface area (Å²) in [5, 5.41) is -0.0382. The van der Waals surface area contributed by atoms with Gasteiger partial charge in [-0.3, -0.25) is 0 Å².